The van der Waals surface area contributed by atoms with Crippen molar-refractivity contribution in [1.29, 1.82) is 0 Å². The van der Waals surface area contributed by atoms with E-state index in [1.54, 1.807) is 4.90 Å². The van der Waals surface area contributed by atoms with Crippen molar-refractivity contribution in [3.63, 3.8) is 0 Å². The van der Waals surface area contributed by atoms with Gasteiger partial charge in [-0.25, -0.2) is 0 Å². The van der Waals surface area contributed by atoms with Crippen LogP contribution in [0.2, 0.25) is 0 Å². The standard InChI is InChI=1S/C17H24N2O3/c1-12(2)16(18-13(3)20)17(21)19-9-10-22-15(11-19)14-7-5-4-6-8-14/h4-8,12,15-16H,9-11H2,1-3H3,(H,18,20)/t15-,16+/m1/s1. The SMILES string of the molecule is CC(=O)N[C@H](C(=O)N1CCO[C@@H](c2ccccc2)C1)C(C)C. The van der Waals surface area contributed by atoms with Crippen LogP contribution >= 0.6 is 0 Å². The van der Waals surface area contributed by atoms with Gasteiger partial charge in [0.15, 0.2) is 0 Å². The lowest BCUT2D eigenvalue weighted by Gasteiger charge is -2.36. The van der Waals surface area contributed by atoms with E-state index in [1.165, 1.54) is 6.92 Å². The second-order valence-corrected chi connectivity index (χ2v) is 5.98. The molecule has 1 aliphatic heterocycles. The topological polar surface area (TPSA) is 58.6 Å². The fourth-order valence-corrected chi connectivity index (χ4v) is 2.65. The van der Waals surface area contributed by atoms with Gasteiger partial charge < -0.3 is 15.0 Å². The van der Waals surface area contributed by atoms with Gasteiger partial charge in [-0.05, 0) is 11.5 Å². The Morgan fingerprint density at radius 3 is 2.55 bits per heavy atom. The molecule has 1 fully saturated rings. The largest absolute Gasteiger partial charge is 0.370 e. The summed E-state index contributed by atoms with van der Waals surface area (Å²) in [6, 6.07) is 9.42. The van der Waals surface area contributed by atoms with Crippen molar-refractivity contribution in [2.75, 3.05) is 19.7 Å². The normalized spacial score (nSPS) is 19.8. The van der Waals surface area contributed by atoms with Gasteiger partial charge in [0.25, 0.3) is 0 Å². The average molecular weight is 304 g/mol. The number of hydrogen-bond donors (Lipinski definition) is 1. The van der Waals surface area contributed by atoms with Crippen molar-refractivity contribution in [3.8, 4) is 0 Å². The molecule has 1 aromatic carbocycles. The molecule has 0 spiro atoms. The number of amides is 2. The maximum absolute atomic E-state index is 12.7. The minimum absolute atomic E-state index is 0.0329. The Morgan fingerprint density at radius 1 is 1.27 bits per heavy atom. The minimum atomic E-state index is -0.480. The first-order valence-electron chi connectivity index (χ1n) is 7.71. The third-order valence-electron chi connectivity index (χ3n) is 3.84. The van der Waals surface area contributed by atoms with Gasteiger partial charge in [-0.1, -0.05) is 44.2 Å². The fraction of sp³-hybridized carbons (Fsp3) is 0.529. The van der Waals surface area contributed by atoms with Gasteiger partial charge in [0.05, 0.1) is 13.2 Å². The summed E-state index contributed by atoms with van der Waals surface area (Å²) in [6.45, 7) is 6.91. The highest BCUT2D eigenvalue weighted by atomic mass is 16.5. The quantitative estimate of drug-likeness (QED) is 0.922. The first-order valence-corrected chi connectivity index (χ1v) is 7.71. The number of morpholine rings is 1. The maximum Gasteiger partial charge on any atom is 0.245 e. The Hall–Kier alpha value is -1.88. The molecule has 0 radical (unpaired) electrons. The van der Waals surface area contributed by atoms with Crippen LogP contribution in [0.5, 0.6) is 0 Å². The number of benzene rings is 1. The number of carbonyl (C=O) groups is 2. The molecule has 0 saturated carbocycles. The van der Waals surface area contributed by atoms with Crippen LogP contribution in [0.25, 0.3) is 0 Å². The van der Waals surface area contributed by atoms with Gasteiger partial charge >= 0.3 is 0 Å². The number of rotatable bonds is 4. The molecule has 2 amide bonds. The summed E-state index contributed by atoms with van der Waals surface area (Å²) in [4.78, 5) is 25.8. The minimum Gasteiger partial charge on any atom is -0.370 e. The van der Waals surface area contributed by atoms with Crippen LogP contribution in [0.3, 0.4) is 0 Å². The number of hydrogen-bond acceptors (Lipinski definition) is 3. The number of carbonyl (C=O) groups excluding carboxylic acids is 2. The van der Waals surface area contributed by atoms with Gasteiger partial charge in [-0.2, -0.15) is 0 Å². The third kappa shape index (κ3) is 4.07. The van der Waals surface area contributed by atoms with Gasteiger partial charge in [0.1, 0.15) is 12.1 Å². The molecule has 1 heterocycles. The summed E-state index contributed by atoms with van der Waals surface area (Å²) >= 11 is 0. The summed E-state index contributed by atoms with van der Waals surface area (Å²) in [5, 5.41) is 2.76. The van der Waals surface area contributed by atoms with E-state index in [0.717, 1.165) is 5.56 Å². The maximum atomic E-state index is 12.7. The smallest absolute Gasteiger partial charge is 0.245 e. The predicted octanol–water partition coefficient (Wildman–Crippen LogP) is 1.75. The Balaban J connectivity index is 2.07. The van der Waals surface area contributed by atoms with Gasteiger partial charge in [0.2, 0.25) is 11.8 Å². The van der Waals surface area contributed by atoms with Crippen LogP contribution in [0.15, 0.2) is 30.3 Å². The lowest BCUT2D eigenvalue weighted by atomic mass is 10.0. The molecule has 2 atom stereocenters. The summed E-state index contributed by atoms with van der Waals surface area (Å²) in [5.74, 6) is -0.163. The molecule has 1 aliphatic rings. The molecule has 1 N–H and O–H groups in total. The van der Waals surface area contributed by atoms with Crippen molar-refractivity contribution < 1.29 is 14.3 Å². The summed E-state index contributed by atoms with van der Waals surface area (Å²) < 4.78 is 5.78. The molecule has 2 rings (SSSR count). The van der Waals surface area contributed by atoms with Crippen molar-refractivity contribution in [2.24, 2.45) is 5.92 Å². The number of nitrogens with zero attached hydrogens (tertiary/aromatic N) is 1. The van der Waals surface area contributed by atoms with Gasteiger partial charge in [0, 0.05) is 13.5 Å². The van der Waals surface area contributed by atoms with Crippen LogP contribution in [-0.2, 0) is 14.3 Å². The molecule has 0 bridgehead atoms. The summed E-state index contributed by atoms with van der Waals surface area (Å²) in [5.41, 5.74) is 1.07. The van der Waals surface area contributed by atoms with Crippen molar-refractivity contribution in [2.45, 2.75) is 32.9 Å². The molecular formula is C17H24N2O3. The average Bonchev–Trinajstić information content (AvgIpc) is 2.52. The molecular weight excluding hydrogens is 280 g/mol. The van der Waals surface area contributed by atoms with E-state index in [9.17, 15) is 9.59 Å². The zero-order valence-electron chi connectivity index (χ0n) is 13.4. The molecule has 0 aliphatic carbocycles. The van der Waals surface area contributed by atoms with Crippen LogP contribution in [0.1, 0.15) is 32.4 Å². The Bertz CT molecular complexity index is 516. The lowest BCUT2D eigenvalue weighted by Crippen LogP contribution is -2.53. The summed E-state index contributed by atoms with van der Waals surface area (Å²) in [6.07, 6.45) is -0.107. The van der Waals surface area contributed by atoms with Crippen molar-refractivity contribution in [1.82, 2.24) is 10.2 Å². The number of ether oxygens (including phenoxy) is 1. The van der Waals surface area contributed by atoms with E-state index in [1.807, 2.05) is 44.2 Å². The highest BCUT2D eigenvalue weighted by Crippen LogP contribution is 2.23. The lowest BCUT2D eigenvalue weighted by molar-refractivity contribution is -0.144. The second kappa shape index (κ2) is 7.40. The molecule has 1 saturated heterocycles. The van der Waals surface area contributed by atoms with E-state index < -0.39 is 6.04 Å². The van der Waals surface area contributed by atoms with E-state index in [-0.39, 0.29) is 23.8 Å². The Kier molecular flexibility index (Phi) is 5.55. The first kappa shape index (κ1) is 16.5. The predicted molar refractivity (Wildman–Crippen MR) is 84.2 cm³/mol. The molecule has 0 unspecified atom stereocenters. The molecule has 0 aromatic heterocycles. The zero-order valence-corrected chi connectivity index (χ0v) is 13.4. The monoisotopic (exact) mass is 304 g/mol. The highest BCUT2D eigenvalue weighted by Gasteiger charge is 2.31. The van der Waals surface area contributed by atoms with Gasteiger partial charge in [-0.15, -0.1) is 0 Å². The molecule has 120 valence electrons. The molecule has 5 nitrogen and oxygen atoms in total. The Labute approximate surface area is 131 Å². The Morgan fingerprint density at radius 2 is 1.95 bits per heavy atom. The zero-order chi connectivity index (χ0) is 16.1. The van der Waals surface area contributed by atoms with E-state index in [2.05, 4.69) is 5.32 Å². The van der Waals surface area contributed by atoms with E-state index in [4.69, 9.17) is 4.74 Å². The van der Waals surface area contributed by atoms with E-state index in [0.29, 0.717) is 19.7 Å². The van der Waals surface area contributed by atoms with Crippen LogP contribution in [0, 0.1) is 5.92 Å². The van der Waals surface area contributed by atoms with Crippen LogP contribution < -0.4 is 5.32 Å². The van der Waals surface area contributed by atoms with E-state index >= 15 is 0 Å². The van der Waals surface area contributed by atoms with Crippen LogP contribution in [0.4, 0.5) is 0 Å². The van der Waals surface area contributed by atoms with Crippen molar-refractivity contribution >= 4 is 11.8 Å². The molecule has 1 aromatic rings. The third-order valence-corrected chi connectivity index (χ3v) is 3.84. The number of nitrogens with one attached hydrogen (secondary N) is 1. The van der Waals surface area contributed by atoms with Gasteiger partial charge in [-0.3, -0.25) is 9.59 Å². The highest BCUT2D eigenvalue weighted by molar-refractivity contribution is 5.87. The van der Waals surface area contributed by atoms with Crippen molar-refractivity contribution in [3.05, 3.63) is 35.9 Å². The summed E-state index contributed by atoms with van der Waals surface area (Å²) in [7, 11) is 0. The van der Waals surface area contributed by atoms with Crippen LogP contribution in [-0.4, -0.2) is 42.5 Å². The first-order chi connectivity index (χ1) is 10.5. The second-order valence-electron chi connectivity index (χ2n) is 5.98. The molecule has 22 heavy (non-hydrogen) atoms. The fourth-order valence-electron chi connectivity index (χ4n) is 2.65. The molecule has 5 heteroatoms.